The number of fused-ring (bicyclic) bond motifs is 1. The molecule has 102 valence electrons. The van der Waals surface area contributed by atoms with Crippen LogP contribution >= 0.6 is 11.6 Å². The SMILES string of the molecule is CCCc1cc(Cl)n2nc(-c3ccc(C)cc3)cc2n1. The zero-order chi connectivity index (χ0) is 14.1. The van der Waals surface area contributed by atoms with E-state index in [1.54, 1.807) is 4.52 Å². The van der Waals surface area contributed by atoms with Crippen LogP contribution in [0, 0.1) is 6.92 Å². The van der Waals surface area contributed by atoms with Crippen molar-refractivity contribution in [3.05, 3.63) is 52.8 Å². The van der Waals surface area contributed by atoms with Gasteiger partial charge >= 0.3 is 0 Å². The highest BCUT2D eigenvalue weighted by Crippen LogP contribution is 2.22. The van der Waals surface area contributed by atoms with E-state index < -0.39 is 0 Å². The van der Waals surface area contributed by atoms with E-state index in [0.717, 1.165) is 35.4 Å². The minimum absolute atomic E-state index is 0.608. The highest BCUT2D eigenvalue weighted by atomic mass is 35.5. The molecule has 0 radical (unpaired) electrons. The van der Waals surface area contributed by atoms with Crippen molar-refractivity contribution >= 4 is 17.2 Å². The lowest BCUT2D eigenvalue weighted by Crippen LogP contribution is -1.97. The molecule has 3 nitrogen and oxygen atoms in total. The summed E-state index contributed by atoms with van der Waals surface area (Å²) in [7, 11) is 0. The molecule has 0 atom stereocenters. The van der Waals surface area contributed by atoms with Gasteiger partial charge in [0.15, 0.2) is 5.65 Å². The maximum atomic E-state index is 6.28. The molecule has 0 aliphatic rings. The van der Waals surface area contributed by atoms with E-state index in [0.29, 0.717) is 5.15 Å². The summed E-state index contributed by atoms with van der Waals surface area (Å²) in [5, 5.41) is 5.14. The summed E-state index contributed by atoms with van der Waals surface area (Å²) in [6.45, 7) is 4.21. The molecule has 0 bridgehead atoms. The van der Waals surface area contributed by atoms with Crippen LogP contribution in [0.2, 0.25) is 5.15 Å². The summed E-state index contributed by atoms with van der Waals surface area (Å²) in [6.07, 6.45) is 1.99. The summed E-state index contributed by atoms with van der Waals surface area (Å²) in [4.78, 5) is 4.61. The molecular formula is C16H16ClN3. The van der Waals surface area contributed by atoms with E-state index in [2.05, 4.69) is 48.2 Å². The number of hydrogen-bond donors (Lipinski definition) is 0. The maximum absolute atomic E-state index is 6.28. The molecule has 4 heteroatoms. The lowest BCUT2D eigenvalue weighted by Gasteiger charge is -2.01. The predicted octanol–water partition coefficient (Wildman–Crippen LogP) is 4.31. The number of aromatic nitrogens is 3. The average molecular weight is 286 g/mol. The van der Waals surface area contributed by atoms with Gasteiger partial charge in [0, 0.05) is 17.3 Å². The van der Waals surface area contributed by atoms with Crippen LogP contribution < -0.4 is 0 Å². The zero-order valence-electron chi connectivity index (χ0n) is 11.6. The van der Waals surface area contributed by atoms with Crippen LogP contribution in [0.5, 0.6) is 0 Å². The first-order valence-electron chi connectivity index (χ1n) is 6.79. The summed E-state index contributed by atoms with van der Waals surface area (Å²) in [6, 6.07) is 12.2. The molecule has 0 amide bonds. The third kappa shape index (κ3) is 2.41. The summed E-state index contributed by atoms with van der Waals surface area (Å²) < 4.78 is 1.69. The molecule has 0 unspecified atom stereocenters. The molecule has 0 fully saturated rings. The van der Waals surface area contributed by atoms with E-state index in [1.165, 1.54) is 5.56 Å². The first-order valence-corrected chi connectivity index (χ1v) is 7.17. The van der Waals surface area contributed by atoms with Gasteiger partial charge in [-0.3, -0.25) is 0 Å². The standard InChI is InChI=1S/C16H16ClN3/c1-3-4-13-9-15(17)20-16(18-13)10-14(19-20)12-7-5-11(2)6-8-12/h5-10H,3-4H2,1-2H3. The molecule has 0 aliphatic carbocycles. The lowest BCUT2D eigenvalue weighted by atomic mass is 10.1. The van der Waals surface area contributed by atoms with Crippen LogP contribution in [0.3, 0.4) is 0 Å². The highest BCUT2D eigenvalue weighted by molar-refractivity contribution is 6.29. The van der Waals surface area contributed by atoms with Crippen molar-refractivity contribution in [2.45, 2.75) is 26.7 Å². The van der Waals surface area contributed by atoms with Gasteiger partial charge in [-0.25, -0.2) is 9.50 Å². The van der Waals surface area contributed by atoms with Gasteiger partial charge < -0.3 is 0 Å². The average Bonchev–Trinajstić information content (AvgIpc) is 2.84. The Bertz CT molecular complexity index is 744. The van der Waals surface area contributed by atoms with Crippen LogP contribution in [0.4, 0.5) is 0 Å². The molecule has 3 rings (SSSR count). The van der Waals surface area contributed by atoms with Gasteiger partial charge in [-0.1, -0.05) is 54.8 Å². The van der Waals surface area contributed by atoms with E-state index >= 15 is 0 Å². The van der Waals surface area contributed by atoms with Crippen LogP contribution in [0.1, 0.15) is 24.6 Å². The Balaban J connectivity index is 2.10. The molecule has 2 heterocycles. The van der Waals surface area contributed by atoms with Gasteiger partial charge in [-0.15, -0.1) is 0 Å². The van der Waals surface area contributed by atoms with Crippen molar-refractivity contribution in [2.24, 2.45) is 0 Å². The summed E-state index contributed by atoms with van der Waals surface area (Å²) >= 11 is 6.28. The van der Waals surface area contributed by atoms with Gasteiger partial charge in [0.05, 0.1) is 5.69 Å². The third-order valence-corrected chi connectivity index (χ3v) is 3.56. The van der Waals surface area contributed by atoms with Gasteiger partial charge in [0.2, 0.25) is 0 Å². The van der Waals surface area contributed by atoms with Crippen molar-refractivity contribution in [3.8, 4) is 11.3 Å². The number of hydrogen-bond acceptors (Lipinski definition) is 2. The number of nitrogens with zero attached hydrogens (tertiary/aromatic N) is 3. The second-order valence-corrected chi connectivity index (χ2v) is 5.37. The summed E-state index contributed by atoms with van der Waals surface area (Å²) in [5.41, 5.74) is 5.03. The van der Waals surface area contributed by atoms with Crippen molar-refractivity contribution in [2.75, 3.05) is 0 Å². The maximum Gasteiger partial charge on any atom is 0.157 e. The van der Waals surface area contributed by atoms with E-state index in [-0.39, 0.29) is 0 Å². The number of benzene rings is 1. The monoisotopic (exact) mass is 285 g/mol. The molecule has 20 heavy (non-hydrogen) atoms. The van der Waals surface area contributed by atoms with Crippen LogP contribution in [-0.2, 0) is 6.42 Å². The molecule has 3 aromatic rings. The van der Waals surface area contributed by atoms with Crippen molar-refractivity contribution in [1.82, 2.24) is 14.6 Å². The molecular weight excluding hydrogens is 270 g/mol. The van der Waals surface area contributed by atoms with E-state index in [1.807, 2.05) is 12.1 Å². The minimum Gasteiger partial charge on any atom is -0.233 e. The lowest BCUT2D eigenvalue weighted by molar-refractivity contribution is 0.859. The van der Waals surface area contributed by atoms with Gasteiger partial charge in [0.1, 0.15) is 5.15 Å². The van der Waals surface area contributed by atoms with Crippen LogP contribution in [0.25, 0.3) is 16.9 Å². The zero-order valence-corrected chi connectivity index (χ0v) is 12.4. The van der Waals surface area contributed by atoms with Gasteiger partial charge in [-0.2, -0.15) is 5.10 Å². The smallest absolute Gasteiger partial charge is 0.157 e. The molecule has 2 aromatic heterocycles. The Hall–Kier alpha value is -1.87. The fourth-order valence-electron chi connectivity index (χ4n) is 2.24. The van der Waals surface area contributed by atoms with E-state index in [9.17, 15) is 0 Å². The van der Waals surface area contributed by atoms with Gasteiger partial charge in [-0.05, 0) is 19.4 Å². The number of rotatable bonds is 3. The third-order valence-electron chi connectivity index (χ3n) is 3.29. The molecule has 1 aromatic carbocycles. The van der Waals surface area contributed by atoms with E-state index in [4.69, 9.17) is 11.6 Å². The quantitative estimate of drug-likeness (QED) is 0.671. The second-order valence-electron chi connectivity index (χ2n) is 4.99. The minimum atomic E-state index is 0.608. The van der Waals surface area contributed by atoms with Crippen molar-refractivity contribution < 1.29 is 0 Å². The summed E-state index contributed by atoms with van der Waals surface area (Å²) in [5.74, 6) is 0. The largest absolute Gasteiger partial charge is 0.233 e. The normalized spacial score (nSPS) is 11.2. The van der Waals surface area contributed by atoms with Crippen LogP contribution in [0.15, 0.2) is 36.4 Å². The van der Waals surface area contributed by atoms with Crippen molar-refractivity contribution in [3.63, 3.8) is 0 Å². The molecule has 0 spiro atoms. The fraction of sp³-hybridized carbons (Fsp3) is 0.250. The van der Waals surface area contributed by atoms with Crippen molar-refractivity contribution in [1.29, 1.82) is 0 Å². The first-order chi connectivity index (χ1) is 9.67. The predicted molar refractivity (Wildman–Crippen MR) is 82.2 cm³/mol. The molecule has 0 N–H and O–H groups in total. The Morgan fingerprint density at radius 3 is 2.60 bits per heavy atom. The molecule has 0 saturated carbocycles. The highest BCUT2D eigenvalue weighted by Gasteiger charge is 2.09. The Kier molecular flexibility index (Phi) is 3.45. The number of halogens is 1. The van der Waals surface area contributed by atoms with Crippen LogP contribution in [-0.4, -0.2) is 14.6 Å². The first kappa shape index (κ1) is 13.1. The van der Waals surface area contributed by atoms with Gasteiger partial charge in [0.25, 0.3) is 0 Å². The Morgan fingerprint density at radius 2 is 1.90 bits per heavy atom. The number of aryl methyl sites for hydroxylation is 2. The topological polar surface area (TPSA) is 30.2 Å². The fourth-order valence-corrected chi connectivity index (χ4v) is 2.49. The Labute approximate surface area is 123 Å². The second kappa shape index (κ2) is 5.25. The molecule has 0 saturated heterocycles. The Morgan fingerprint density at radius 1 is 1.15 bits per heavy atom. The molecule has 0 aliphatic heterocycles.